The molecule has 3 aromatic heterocycles. The lowest BCUT2D eigenvalue weighted by Crippen LogP contribution is -1.84. The van der Waals surface area contributed by atoms with Gasteiger partial charge in [0.2, 0.25) is 0 Å². The first-order chi connectivity index (χ1) is 11.7. The Morgan fingerprint density at radius 1 is 0.958 bits per heavy atom. The molecule has 0 fully saturated rings. The highest BCUT2D eigenvalue weighted by Gasteiger charge is 2.14. The number of nitrogens with zero attached hydrogens (tertiary/aromatic N) is 1. The van der Waals surface area contributed by atoms with Gasteiger partial charge in [0.1, 0.15) is 11.2 Å². The zero-order valence-electron chi connectivity index (χ0n) is 13.5. The summed E-state index contributed by atoms with van der Waals surface area (Å²) in [5, 5.41) is 3.57. The van der Waals surface area contributed by atoms with Gasteiger partial charge < -0.3 is 4.42 Å². The van der Waals surface area contributed by atoms with Crippen LogP contribution in [-0.4, -0.2) is 4.98 Å². The molecule has 24 heavy (non-hydrogen) atoms. The van der Waals surface area contributed by atoms with Crippen molar-refractivity contribution in [3.05, 3.63) is 65.2 Å². The third-order valence-corrected chi connectivity index (χ3v) is 5.46. The second kappa shape index (κ2) is 4.92. The third kappa shape index (κ3) is 1.98. The lowest BCUT2D eigenvalue weighted by Gasteiger charge is -2.02. The van der Waals surface area contributed by atoms with E-state index in [1.807, 2.05) is 24.5 Å². The van der Waals surface area contributed by atoms with Crippen LogP contribution >= 0.6 is 11.3 Å². The van der Waals surface area contributed by atoms with Crippen LogP contribution in [0.1, 0.15) is 10.4 Å². The van der Waals surface area contributed by atoms with E-state index in [-0.39, 0.29) is 0 Å². The number of hydrogen-bond donors (Lipinski definition) is 0. The molecule has 5 rings (SSSR count). The van der Waals surface area contributed by atoms with Crippen molar-refractivity contribution >= 4 is 43.4 Å². The quantitative estimate of drug-likeness (QED) is 0.352. The minimum atomic E-state index is 0.915. The van der Waals surface area contributed by atoms with Crippen LogP contribution < -0.4 is 0 Å². The summed E-state index contributed by atoms with van der Waals surface area (Å²) in [6, 6.07) is 17.1. The molecule has 0 aliphatic heterocycles. The molecule has 0 unspecified atom stereocenters. The van der Waals surface area contributed by atoms with Gasteiger partial charge in [-0.15, -0.1) is 11.3 Å². The van der Waals surface area contributed by atoms with E-state index in [4.69, 9.17) is 4.42 Å². The van der Waals surface area contributed by atoms with Crippen molar-refractivity contribution in [2.24, 2.45) is 0 Å². The first kappa shape index (κ1) is 13.8. The van der Waals surface area contributed by atoms with Crippen LogP contribution in [0.2, 0.25) is 0 Å². The number of thiophene rings is 1. The minimum Gasteiger partial charge on any atom is -0.455 e. The number of benzene rings is 2. The summed E-state index contributed by atoms with van der Waals surface area (Å²) in [7, 11) is 0. The molecule has 0 bridgehead atoms. The van der Waals surface area contributed by atoms with Crippen molar-refractivity contribution in [3.8, 4) is 11.3 Å². The fraction of sp³-hybridized carbons (Fsp3) is 0.0952. The minimum absolute atomic E-state index is 0.915. The number of aryl methyl sites for hydroxylation is 2. The van der Waals surface area contributed by atoms with E-state index in [9.17, 15) is 0 Å². The molecule has 0 radical (unpaired) electrons. The third-order valence-electron chi connectivity index (χ3n) is 4.45. The number of fused-ring (bicyclic) bond motifs is 4. The number of pyridine rings is 1. The summed E-state index contributed by atoms with van der Waals surface area (Å²) in [4.78, 5) is 5.89. The normalized spacial score (nSPS) is 11.8. The Morgan fingerprint density at radius 2 is 1.88 bits per heavy atom. The molecule has 0 aliphatic rings. The van der Waals surface area contributed by atoms with Crippen LogP contribution in [0.25, 0.3) is 43.3 Å². The van der Waals surface area contributed by atoms with Crippen molar-refractivity contribution in [1.29, 1.82) is 0 Å². The molecule has 0 atom stereocenters. The fourth-order valence-electron chi connectivity index (χ4n) is 3.29. The molecule has 3 heterocycles. The van der Waals surface area contributed by atoms with Crippen molar-refractivity contribution in [1.82, 2.24) is 4.98 Å². The average Bonchev–Trinajstić information content (AvgIpc) is 3.11. The van der Waals surface area contributed by atoms with E-state index >= 15 is 0 Å². The second-order valence-corrected chi connectivity index (χ2v) is 7.54. The van der Waals surface area contributed by atoms with Gasteiger partial charge in [-0.05, 0) is 55.1 Å². The van der Waals surface area contributed by atoms with E-state index in [2.05, 4.69) is 60.4 Å². The van der Waals surface area contributed by atoms with Crippen LogP contribution in [0.15, 0.2) is 59.1 Å². The first-order valence-electron chi connectivity index (χ1n) is 7.97. The second-order valence-electron chi connectivity index (χ2n) is 6.25. The maximum absolute atomic E-state index is 6.25. The molecule has 3 heteroatoms. The maximum atomic E-state index is 6.25. The predicted octanol–water partition coefficient (Wildman–Crippen LogP) is 6.48. The SMILES string of the molecule is Cc1ccc(-c2cccc3c2oc2cc4cc(C)sc4cc23)nc1. The predicted molar refractivity (Wildman–Crippen MR) is 102 cm³/mol. The van der Waals surface area contributed by atoms with Crippen molar-refractivity contribution in [2.75, 3.05) is 0 Å². The van der Waals surface area contributed by atoms with Gasteiger partial charge in [-0.2, -0.15) is 0 Å². The highest BCUT2D eigenvalue weighted by atomic mass is 32.1. The van der Waals surface area contributed by atoms with Crippen LogP contribution in [0, 0.1) is 13.8 Å². The summed E-state index contributed by atoms with van der Waals surface area (Å²) in [5.41, 5.74) is 5.00. The monoisotopic (exact) mass is 329 g/mol. The van der Waals surface area contributed by atoms with Crippen LogP contribution in [0.3, 0.4) is 0 Å². The Balaban J connectivity index is 1.85. The van der Waals surface area contributed by atoms with Gasteiger partial charge in [0.15, 0.2) is 0 Å². The van der Waals surface area contributed by atoms with Crippen molar-refractivity contribution in [2.45, 2.75) is 13.8 Å². The molecular weight excluding hydrogens is 314 g/mol. The number of aromatic nitrogens is 1. The van der Waals surface area contributed by atoms with Gasteiger partial charge >= 0.3 is 0 Å². The van der Waals surface area contributed by atoms with Gasteiger partial charge in [-0.1, -0.05) is 18.2 Å². The summed E-state index contributed by atoms with van der Waals surface area (Å²) >= 11 is 1.83. The Labute approximate surface area is 143 Å². The average molecular weight is 329 g/mol. The number of para-hydroxylation sites is 1. The van der Waals surface area contributed by atoms with Gasteiger partial charge in [-0.25, -0.2) is 0 Å². The van der Waals surface area contributed by atoms with Gasteiger partial charge in [0, 0.05) is 32.1 Å². The zero-order chi connectivity index (χ0) is 16.3. The number of rotatable bonds is 1. The van der Waals surface area contributed by atoms with Gasteiger partial charge in [0.05, 0.1) is 5.69 Å². The molecule has 5 aromatic rings. The Hall–Kier alpha value is -2.65. The van der Waals surface area contributed by atoms with Crippen LogP contribution in [0.4, 0.5) is 0 Å². The summed E-state index contributed by atoms with van der Waals surface area (Å²) in [6.07, 6.45) is 1.90. The van der Waals surface area contributed by atoms with Gasteiger partial charge in [-0.3, -0.25) is 4.98 Å². The molecule has 0 N–H and O–H groups in total. The maximum Gasteiger partial charge on any atom is 0.144 e. The Kier molecular flexibility index (Phi) is 2.82. The molecule has 0 saturated heterocycles. The lowest BCUT2D eigenvalue weighted by atomic mass is 10.1. The van der Waals surface area contributed by atoms with E-state index < -0.39 is 0 Å². The van der Waals surface area contributed by atoms with Crippen molar-refractivity contribution < 1.29 is 4.42 Å². The molecule has 2 aromatic carbocycles. The summed E-state index contributed by atoms with van der Waals surface area (Å²) < 4.78 is 7.56. The van der Waals surface area contributed by atoms with E-state index in [0.29, 0.717) is 0 Å². The molecule has 0 amide bonds. The van der Waals surface area contributed by atoms with Gasteiger partial charge in [0.25, 0.3) is 0 Å². The van der Waals surface area contributed by atoms with E-state index in [1.54, 1.807) is 0 Å². The van der Waals surface area contributed by atoms with E-state index in [0.717, 1.165) is 33.4 Å². The lowest BCUT2D eigenvalue weighted by molar-refractivity contribution is 0.670. The number of furan rings is 1. The standard InChI is InChI=1S/C21H15NOS/c1-12-6-7-18(22-11-12)16-5-3-4-15-17-10-20-14(8-13(2)24-20)9-19(17)23-21(15)16/h3-11H,1-2H3. The van der Waals surface area contributed by atoms with Crippen molar-refractivity contribution in [3.63, 3.8) is 0 Å². The zero-order valence-corrected chi connectivity index (χ0v) is 14.3. The van der Waals surface area contributed by atoms with Crippen LogP contribution in [0.5, 0.6) is 0 Å². The summed E-state index contributed by atoms with van der Waals surface area (Å²) in [5.74, 6) is 0. The topological polar surface area (TPSA) is 26.0 Å². The molecule has 116 valence electrons. The Morgan fingerprint density at radius 3 is 2.71 bits per heavy atom. The fourth-order valence-corrected chi connectivity index (χ4v) is 4.24. The molecule has 0 spiro atoms. The molecule has 0 saturated carbocycles. The highest BCUT2D eigenvalue weighted by molar-refractivity contribution is 7.19. The first-order valence-corrected chi connectivity index (χ1v) is 8.79. The Bertz CT molecular complexity index is 1210. The summed E-state index contributed by atoms with van der Waals surface area (Å²) in [6.45, 7) is 4.19. The van der Waals surface area contributed by atoms with Crippen LogP contribution in [-0.2, 0) is 0 Å². The highest BCUT2D eigenvalue weighted by Crippen LogP contribution is 2.38. The molecule has 2 nitrogen and oxygen atoms in total. The number of hydrogen-bond acceptors (Lipinski definition) is 3. The van der Waals surface area contributed by atoms with E-state index in [1.165, 1.54) is 20.3 Å². The smallest absolute Gasteiger partial charge is 0.144 e. The molecule has 0 aliphatic carbocycles. The molecular formula is C21H15NOS. The largest absolute Gasteiger partial charge is 0.455 e.